The summed E-state index contributed by atoms with van der Waals surface area (Å²) in [7, 11) is 0. The third kappa shape index (κ3) is 1.89. The van der Waals surface area contributed by atoms with E-state index < -0.39 is 0 Å². The van der Waals surface area contributed by atoms with Crippen LogP contribution in [0, 0.1) is 0 Å². The molecule has 0 aromatic heterocycles. The zero-order valence-electron chi connectivity index (χ0n) is 8.92. The Kier molecular flexibility index (Phi) is 2.89. The van der Waals surface area contributed by atoms with Gasteiger partial charge in [0.2, 0.25) is 0 Å². The first-order chi connectivity index (χ1) is 6.33. The summed E-state index contributed by atoms with van der Waals surface area (Å²) < 4.78 is 0. The van der Waals surface area contributed by atoms with Gasteiger partial charge in [-0.2, -0.15) is 0 Å². The van der Waals surface area contributed by atoms with E-state index in [4.69, 9.17) is 0 Å². The molecule has 2 heterocycles. The van der Waals surface area contributed by atoms with Crippen LogP contribution in [0.25, 0.3) is 0 Å². The topological polar surface area (TPSA) is 15.3 Å². The Hall–Kier alpha value is -0.0800. The number of hydrogen-bond acceptors (Lipinski definition) is 2. The maximum atomic E-state index is 3.70. The second-order valence-corrected chi connectivity index (χ2v) is 4.48. The monoisotopic (exact) mass is 182 g/mol. The highest BCUT2D eigenvalue weighted by atomic mass is 15.2. The van der Waals surface area contributed by atoms with Crippen LogP contribution < -0.4 is 5.32 Å². The molecular weight excluding hydrogens is 160 g/mol. The van der Waals surface area contributed by atoms with Crippen LogP contribution in [-0.4, -0.2) is 36.1 Å². The van der Waals surface area contributed by atoms with E-state index in [1.54, 1.807) is 0 Å². The summed E-state index contributed by atoms with van der Waals surface area (Å²) in [5, 5.41) is 3.70. The van der Waals surface area contributed by atoms with E-state index in [1.165, 1.54) is 38.8 Å². The Morgan fingerprint density at radius 2 is 1.62 bits per heavy atom. The number of piperidine rings is 1. The van der Waals surface area contributed by atoms with Crippen molar-refractivity contribution in [2.75, 3.05) is 13.1 Å². The van der Waals surface area contributed by atoms with E-state index in [9.17, 15) is 0 Å². The summed E-state index contributed by atoms with van der Waals surface area (Å²) in [4.78, 5) is 2.63. The molecule has 2 nitrogen and oxygen atoms in total. The summed E-state index contributed by atoms with van der Waals surface area (Å²) in [5.41, 5.74) is 0. The van der Waals surface area contributed by atoms with Gasteiger partial charge in [-0.05, 0) is 38.8 Å². The van der Waals surface area contributed by atoms with Crippen molar-refractivity contribution >= 4 is 0 Å². The molecule has 2 fully saturated rings. The summed E-state index contributed by atoms with van der Waals surface area (Å²) in [6.07, 6.45) is 5.61. The minimum Gasteiger partial charge on any atom is -0.311 e. The molecule has 0 spiro atoms. The fourth-order valence-electron chi connectivity index (χ4n) is 3.07. The minimum atomic E-state index is 0.837. The molecular formula is C11H22N2. The lowest BCUT2D eigenvalue weighted by molar-refractivity contribution is 0.155. The molecule has 2 bridgehead atoms. The van der Waals surface area contributed by atoms with Crippen molar-refractivity contribution in [1.29, 1.82) is 0 Å². The first kappa shape index (κ1) is 9.47. The van der Waals surface area contributed by atoms with Crippen molar-refractivity contribution in [2.24, 2.45) is 0 Å². The van der Waals surface area contributed by atoms with Crippen LogP contribution in [0.2, 0.25) is 0 Å². The number of nitrogens with one attached hydrogen (secondary N) is 1. The molecule has 0 aromatic carbocycles. The van der Waals surface area contributed by atoms with E-state index >= 15 is 0 Å². The van der Waals surface area contributed by atoms with E-state index in [0.29, 0.717) is 0 Å². The third-order valence-corrected chi connectivity index (χ3v) is 3.78. The highest BCUT2D eigenvalue weighted by Crippen LogP contribution is 2.29. The Morgan fingerprint density at radius 1 is 1.08 bits per heavy atom. The molecule has 0 amide bonds. The molecule has 0 aliphatic carbocycles. The molecule has 0 unspecified atom stereocenters. The van der Waals surface area contributed by atoms with E-state index in [0.717, 1.165) is 18.1 Å². The van der Waals surface area contributed by atoms with Crippen LogP contribution in [0.15, 0.2) is 0 Å². The van der Waals surface area contributed by atoms with Gasteiger partial charge >= 0.3 is 0 Å². The standard InChI is InChI=1S/C11H22N2/c1-3-13(4-2)11-7-9-5-6-10(8-11)12-9/h9-12H,3-8H2,1-2H3/t9-,10-/m0/s1. The molecule has 2 aliphatic rings. The van der Waals surface area contributed by atoms with Crippen LogP contribution in [0.1, 0.15) is 39.5 Å². The van der Waals surface area contributed by atoms with Gasteiger partial charge in [0.1, 0.15) is 0 Å². The van der Waals surface area contributed by atoms with Crippen LogP contribution in [-0.2, 0) is 0 Å². The summed E-state index contributed by atoms with van der Waals surface area (Å²) >= 11 is 0. The van der Waals surface area contributed by atoms with Gasteiger partial charge in [-0.3, -0.25) is 0 Å². The second-order valence-electron chi connectivity index (χ2n) is 4.48. The zero-order chi connectivity index (χ0) is 9.26. The van der Waals surface area contributed by atoms with Crippen molar-refractivity contribution in [3.05, 3.63) is 0 Å². The molecule has 0 saturated carbocycles. The number of hydrogen-bond donors (Lipinski definition) is 1. The number of nitrogens with zero attached hydrogens (tertiary/aromatic N) is 1. The second kappa shape index (κ2) is 3.97. The summed E-state index contributed by atoms with van der Waals surface area (Å²) in [6.45, 7) is 7.02. The van der Waals surface area contributed by atoms with Gasteiger partial charge in [0.25, 0.3) is 0 Å². The molecule has 2 atom stereocenters. The lowest BCUT2D eigenvalue weighted by Gasteiger charge is -2.36. The van der Waals surface area contributed by atoms with Crippen molar-refractivity contribution in [1.82, 2.24) is 10.2 Å². The molecule has 2 aliphatic heterocycles. The fourth-order valence-corrected chi connectivity index (χ4v) is 3.07. The summed E-state index contributed by atoms with van der Waals surface area (Å²) in [5.74, 6) is 0. The largest absolute Gasteiger partial charge is 0.311 e. The molecule has 0 radical (unpaired) electrons. The normalized spacial score (nSPS) is 38.5. The van der Waals surface area contributed by atoms with Crippen LogP contribution >= 0.6 is 0 Å². The first-order valence-electron chi connectivity index (χ1n) is 5.83. The minimum absolute atomic E-state index is 0.837. The van der Waals surface area contributed by atoms with Gasteiger partial charge < -0.3 is 10.2 Å². The Morgan fingerprint density at radius 3 is 2.08 bits per heavy atom. The van der Waals surface area contributed by atoms with E-state index in [1.807, 2.05) is 0 Å². The first-order valence-corrected chi connectivity index (χ1v) is 5.83. The molecule has 0 aromatic rings. The third-order valence-electron chi connectivity index (χ3n) is 3.78. The lowest BCUT2D eigenvalue weighted by atomic mass is 9.98. The SMILES string of the molecule is CCN(CC)C1C[C@@H]2CC[C@@H](C1)N2. The van der Waals surface area contributed by atoms with Gasteiger partial charge in [0.15, 0.2) is 0 Å². The van der Waals surface area contributed by atoms with Gasteiger partial charge in [-0.1, -0.05) is 13.8 Å². The highest BCUT2D eigenvalue weighted by Gasteiger charge is 2.34. The molecule has 13 heavy (non-hydrogen) atoms. The highest BCUT2D eigenvalue weighted by molar-refractivity contribution is 4.95. The van der Waals surface area contributed by atoms with Crippen LogP contribution in [0.4, 0.5) is 0 Å². The van der Waals surface area contributed by atoms with Crippen LogP contribution in [0.3, 0.4) is 0 Å². The van der Waals surface area contributed by atoms with E-state index in [2.05, 4.69) is 24.1 Å². The molecule has 2 saturated heterocycles. The molecule has 2 rings (SSSR count). The molecule has 76 valence electrons. The van der Waals surface area contributed by atoms with Gasteiger partial charge in [-0.15, -0.1) is 0 Å². The van der Waals surface area contributed by atoms with Gasteiger partial charge in [-0.25, -0.2) is 0 Å². The Bertz CT molecular complexity index is 153. The van der Waals surface area contributed by atoms with E-state index in [-0.39, 0.29) is 0 Å². The average Bonchev–Trinajstić information content (AvgIpc) is 2.48. The fraction of sp³-hybridized carbons (Fsp3) is 1.00. The number of fused-ring (bicyclic) bond motifs is 2. The van der Waals surface area contributed by atoms with Gasteiger partial charge in [0, 0.05) is 18.1 Å². The van der Waals surface area contributed by atoms with Crippen molar-refractivity contribution in [3.63, 3.8) is 0 Å². The molecule has 1 N–H and O–H groups in total. The Labute approximate surface area is 81.7 Å². The van der Waals surface area contributed by atoms with Crippen molar-refractivity contribution in [2.45, 2.75) is 57.7 Å². The van der Waals surface area contributed by atoms with Crippen molar-refractivity contribution < 1.29 is 0 Å². The zero-order valence-corrected chi connectivity index (χ0v) is 8.92. The predicted molar refractivity (Wildman–Crippen MR) is 55.9 cm³/mol. The average molecular weight is 182 g/mol. The smallest absolute Gasteiger partial charge is 0.0125 e. The quantitative estimate of drug-likeness (QED) is 0.713. The van der Waals surface area contributed by atoms with Gasteiger partial charge in [0.05, 0.1) is 0 Å². The lowest BCUT2D eigenvalue weighted by Crippen LogP contribution is -2.48. The maximum Gasteiger partial charge on any atom is 0.0125 e. The number of rotatable bonds is 3. The van der Waals surface area contributed by atoms with Crippen molar-refractivity contribution in [3.8, 4) is 0 Å². The summed E-state index contributed by atoms with van der Waals surface area (Å²) in [6, 6.07) is 2.54. The van der Waals surface area contributed by atoms with Crippen LogP contribution in [0.5, 0.6) is 0 Å². The molecule has 2 heteroatoms. The Balaban J connectivity index is 1.93. The maximum absolute atomic E-state index is 3.70. The predicted octanol–water partition coefficient (Wildman–Crippen LogP) is 1.61.